The van der Waals surface area contributed by atoms with E-state index < -0.39 is 18.1 Å². The molecule has 2 aromatic carbocycles. The van der Waals surface area contributed by atoms with Crippen molar-refractivity contribution >= 4 is 40.8 Å². The number of fused-ring (bicyclic) bond motifs is 1. The molecule has 0 radical (unpaired) electrons. The van der Waals surface area contributed by atoms with Gasteiger partial charge in [-0.05, 0) is 42.8 Å². The van der Waals surface area contributed by atoms with Crippen LogP contribution in [0.5, 0.6) is 0 Å². The first-order valence-corrected chi connectivity index (χ1v) is 9.22. The largest absolute Gasteiger partial charge is 0.480 e. The molecule has 3 rings (SSSR count). The van der Waals surface area contributed by atoms with Gasteiger partial charge in [-0.1, -0.05) is 35.3 Å². The molecule has 1 aliphatic rings. The van der Waals surface area contributed by atoms with Gasteiger partial charge in [0.25, 0.3) is 5.91 Å². The van der Waals surface area contributed by atoms with Crippen LogP contribution in [-0.2, 0) is 11.2 Å². The molecule has 0 saturated heterocycles. The van der Waals surface area contributed by atoms with E-state index in [1.807, 2.05) is 12.1 Å². The van der Waals surface area contributed by atoms with Crippen molar-refractivity contribution in [3.05, 3.63) is 63.1 Å². The van der Waals surface area contributed by atoms with Crippen LogP contribution in [0.15, 0.2) is 36.4 Å². The smallest absolute Gasteiger partial charge is 0.326 e. The van der Waals surface area contributed by atoms with Gasteiger partial charge in [-0.3, -0.25) is 4.79 Å². The Balaban J connectivity index is 1.86. The SMILES string of the molecule is NCCc1ccc(C(=O)N[C@@H]2C[C@@H](C(=O)O)Nc3cc(Cl)cc(Cl)c32)cc1. The van der Waals surface area contributed by atoms with Crippen molar-refractivity contribution in [3.8, 4) is 0 Å². The third-order valence-electron chi connectivity index (χ3n) is 4.50. The molecule has 142 valence electrons. The summed E-state index contributed by atoms with van der Waals surface area (Å²) in [5.41, 5.74) is 8.20. The molecular weight excluding hydrogens is 389 g/mol. The second-order valence-electron chi connectivity index (χ2n) is 6.38. The highest BCUT2D eigenvalue weighted by molar-refractivity contribution is 6.35. The number of amides is 1. The number of nitrogens with one attached hydrogen (secondary N) is 2. The van der Waals surface area contributed by atoms with Crippen LogP contribution in [0.4, 0.5) is 5.69 Å². The van der Waals surface area contributed by atoms with Gasteiger partial charge in [0.2, 0.25) is 0 Å². The molecular formula is C19H19Cl2N3O3. The average Bonchev–Trinajstić information content (AvgIpc) is 2.61. The lowest BCUT2D eigenvalue weighted by Gasteiger charge is -2.32. The molecule has 0 saturated carbocycles. The highest BCUT2D eigenvalue weighted by Crippen LogP contribution is 2.40. The normalized spacial score (nSPS) is 18.3. The Hall–Kier alpha value is -2.28. The van der Waals surface area contributed by atoms with Crippen molar-refractivity contribution in [2.45, 2.75) is 24.9 Å². The summed E-state index contributed by atoms with van der Waals surface area (Å²) in [5.74, 6) is -1.32. The van der Waals surface area contributed by atoms with Crippen LogP contribution in [0.1, 0.15) is 33.9 Å². The number of carboxylic acid groups (broad SMARTS) is 1. The summed E-state index contributed by atoms with van der Waals surface area (Å²) in [6.07, 6.45) is 0.904. The molecule has 0 fully saturated rings. The fourth-order valence-electron chi connectivity index (χ4n) is 3.18. The molecule has 1 amide bonds. The number of hydrogen-bond donors (Lipinski definition) is 4. The summed E-state index contributed by atoms with van der Waals surface area (Å²) in [6.45, 7) is 0.537. The number of nitrogens with two attached hydrogens (primary N) is 1. The number of hydrogen-bond acceptors (Lipinski definition) is 4. The van der Waals surface area contributed by atoms with Crippen LogP contribution in [0.3, 0.4) is 0 Å². The third-order valence-corrected chi connectivity index (χ3v) is 5.03. The van der Waals surface area contributed by atoms with Crippen molar-refractivity contribution in [1.82, 2.24) is 5.32 Å². The summed E-state index contributed by atoms with van der Waals surface area (Å²) < 4.78 is 0. The second-order valence-corrected chi connectivity index (χ2v) is 7.22. The van der Waals surface area contributed by atoms with Gasteiger partial charge < -0.3 is 21.5 Å². The zero-order chi connectivity index (χ0) is 19.6. The topological polar surface area (TPSA) is 104 Å². The molecule has 27 heavy (non-hydrogen) atoms. The number of carbonyl (C=O) groups excluding carboxylic acids is 1. The van der Waals surface area contributed by atoms with E-state index in [9.17, 15) is 14.7 Å². The van der Waals surface area contributed by atoms with E-state index in [4.69, 9.17) is 28.9 Å². The number of rotatable bonds is 5. The van der Waals surface area contributed by atoms with Gasteiger partial charge in [0, 0.05) is 33.3 Å². The molecule has 1 aliphatic heterocycles. The Morgan fingerprint density at radius 2 is 1.93 bits per heavy atom. The van der Waals surface area contributed by atoms with Crippen LogP contribution in [0, 0.1) is 0 Å². The highest BCUT2D eigenvalue weighted by Gasteiger charge is 2.33. The maximum atomic E-state index is 12.7. The maximum Gasteiger partial charge on any atom is 0.326 e. The number of halogens is 2. The lowest BCUT2D eigenvalue weighted by molar-refractivity contribution is -0.138. The molecule has 2 aromatic rings. The summed E-state index contributed by atoms with van der Waals surface area (Å²) in [5, 5.41) is 16.0. The third kappa shape index (κ3) is 4.35. The van der Waals surface area contributed by atoms with Crippen molar-refractivity contribution in [2.75, 3.05) is 11.9 Å². The number of carbonyl (C=O) groups is 2. The number of anilines is 1. The highest BCUT2D eigenvalue weighted by atomic mass is 35.5. The molecule has 0 spiro atoms. The van der Waals surface area contributed by atoms with Crippen molar-refractivity contribution in [2.24, 2.45) is 5.73 Å². The second kappa shape index (κ2) is 8.17. The minimum Gasteiger partial charge on any atom is -0.480 e. The molecule has 1 heterocycles. The summed E-state index contributed by atoms with van der Waals surface area (Å²) >= 11 is 12.4. The van der Waals surface area contributed by atoms with Crippen LogP contribution in [0.2, 0.25) is 10.0 Å². The summed E-state index contributed by atoms with van der Waals surface area (Å²) in [6, 6.07) is 8.92. The number of aliphatic carboxylic acids is 1. The molecule has 0 aliphatic carbocycles. The van der Waals surface area contributed by atoms with E-state index in [0.29, 0.717) is 33.4 Å². The zero-order valence-corrected chi connectivity index (χ0v) is 15.8. The fraction of sp³-hybridized carbons (Fsp3) is 0.263. The summed E-state index contributed by atoms with van der Waals surface area (Å²) in [4.78, 5) is 24.2. The Morgan fingerprint density at radius 3 is 2.56 bits per heavy atom. The quantitative estimate of drug-likeness (QED) is 0.608. The van der Waals surface area contributed by atoms with Gasteiger partial charge in [-0.25, -0.2) is 4.79 Å². The standard InChI is InChI=1S/C19H19Cl2N3O3/c20-12-7-13(21)17-14(8-12)23-16(19(26)27)9-15(17)24-18(25)11-3-1-10(2-4-11)5-6-22/h1-4,7-8,15-16,23H,5-6,9,22H2,(H,24,25)(H,26,27)/t15-,16+/m1/s1. The van der Waals surface area contributed by atoms with Gasteiger partial charge in [0.1, 0.15) is 6.04 Å². The molecule has 0 bridgehead atoms. The molecule has 0 unspecified atom stereocenters. The average molecular weight is 408 g/mol. The van der Waals surface area contributed by atoms with E-state index in [0.717, 1.165) is 12.0 Å². The first-order valence-electron chi connectivity index (χ1n) is 8.47. The lowest BCUT2D eigenvalue weighted by Crippen LogP contribution is -2.41. The first-order chi connectivity index (χ1) is 12.9. The van der Waals surface area contributed by atoms with Crippen molar-refractivity contribution < 1.29 is 14.7 Å². The van der Waals surface area contributed by atoms with Gasteiger partial charge in [0.15, 0.2) is 0 Å². The van der Waals surface area contributed by atoms with Gasteiger partial charge in [-0.2, -0.15) is 0 Å². The maximum absolute atomic E-state index is 12.7. The van der Waals surface area contributed by atoms with Gasteiger partial charge >= 0.3 is 5.97 Å². The number of carboxylic acids is 1. The Labute approximate surface area is 166 Å². The predicted octanol–water partition coefficient (Wildman–Crippen LogP) is 3.23. The van der Waals surface area contributed by atoms with Crippen LogP contribution in [0.25, 0.3) is 0 Å². The fourth-order valence-corrected chi connectivity index (χ4v) is 3.81. The van der Waals surface area contributed by atoms with E-state index in [1.54, 1.807) is 24.3 Å². The molecule has 8 heteroatoms. The van der Waals surface area contributed by atoms with Crippen LogP contribution in [-0.4, -0.2) is 29.6 Å². The zero-order valence-electron chi connectivity index (χ0n) is 14.3. The van der Waals surface area contributed by atoms with Crippen molar-refractivity contribution in [1.29, 1.82) is 0 Å². The number of benzene rings is 2. The van der Waals surface area contributed by atoms with Crippen LogP contribution >= 0.6 is 23.2 Å². The minimum atomic E-state index is -1.01. The van der Waals surface area contributed by atoms with Crippen LogP contribution < -0.4 is 16.4 Å². The van der Waals surface area contributed by atoms with Gasteiger partial charge in [-0.15, -0.1) is 0 Å². The van der Waals surface area contributed by atoms with E-state index in [-0.39, 0.29) is 12.3 Å². The predicted molar refractivity (Wildman–Crippen MR) is 106 cm³/mol. The Morgan fingerprint density at radius 1 is 1.22 bits per heavy atom. The monoisotopic (exact) mass is 407 g/mol. The molecule has 5 N–H and O–H groups in total. The lowest BCUT2D eigenvalue weighted by atomic mass is 9.92. The van der Waals surface area contributed by atoms with Crippen molar-refractivity contribution in [3.63, 3.8) is 0 Å². The Bertz CT molecular complexity index is 871. The summed E-state index contributed by atoms with van der Waals surface area (Å²) in [7, 11) is 0. The molecule has 6 nitrogen and oxygen atoms in total. The van der Waals surface area contributed by atoms with E-state index >= 15 is 0 Å². The van der Waals surface area contributed by atoms with E-state index in [1.165, 1.54) is 0 Å². The van der Waals surface area contributed by atoms with Gasteiger partial charge in [0.05, 0.1) is 6.04 Å². The van der Waals surface area contributed by atoms with E-state index in [2.05, 4.69) is 10.6 Å². The first kappa shape index (κ1) is 19.5. The Kier molecular flexibility index (Phi) is 5.89. The molecule has 0 aromatic heterocycles. The molecule has 2 atom stereocenters. The minimum absolute atomic E-state index is 0.167.